The zero-order valence-corrected chi connectivity index (χ0v) is 17.9. The number of carbonyl (C=O) groups excluding carboxylic acids is 1. The van der Waals surface area contributed by atoms with E-state index >= 15 is 0 Å². The van der Waals surface area contributed by atoms with E-state index in [1.165, 1.54) is 69.9 Å². The van der Waals surface area contributed by atoms with Gasteiger partial charge in [-0.2, -0.15) is 13.6 Å². The number of hydrogen-bond donors (Lipinski definition) is 2. The molecule has 0 atom stereocenters. The van der Waals surface area contributed by atoms with Gasteiger partial charge in [-0.3, -0.25) is 4.79 Å². The van der Waals surface area contributed by atoms with Crippen molar-refractivity contribution in [2.75, 3.05) is 0 Å². The molecule has 28 heavy (non-hydrogen) atoms. The van der Waals surface area contributed by atoms with Gasteiger partial charge in [0.1, 0.15) is 5.75 Å². The standard InChI is InChI=1S/C21H36N2O4S/c1-2-3-4-5-6-7-8-9-10-11-12-13-21(24)23-18-19-14-16-20(17-15-19)27-28(22,25)26/h14-17H,2-13,18H2,1H3,(H,23,24)(H2,22,25,26). The van der Waals surface area contributed by atoms with E-state index < -0.39 is 10.3 Å². The molecule has 3 N–H and O–H groups in total. The van der Waals surface area contributed by atoms with Crippen molar-refractivity contribution in [2.24, 2.45) is 5.14 Å². The lowest BCUT2D eigenvalue weighted by Gasteiger charge is -2.07. The van der Waals surface area contributed by atoms with Gasteiger partial charge in [0.25, 0.3) is 0 Å². The highest BCUT2D eigenvalue weighted by Gasteiger charge is 2.05. The third-order valence-electron chi connectivity index (χ3n) is 4.63. The minimum Gasteiger partial charge on any atom is -0.371 e. The van der Waals surface area contributed by atoms with Crippen molar-refractivity contribution in [1.29, 1.82) is 0 Å². The van der Waals surface area contributed by atoms with Gasteiger partial charge in [-0.25, -0.2) is 0 Å². The highest BCUT2D eigenvalue weighted by Crippen LogP contribution is 2.14. The quantitative estimate of drug-likeness (QED) is 0.388. The number of amides is 1. The van der Waals surface area contributed by atoms with Gasteiger partial charge < -0.3 is 9.50 Å². The number of rotatable bonds is 16. The molecular formula is C21H36N2O4S. The summed E-state index contributed by atoms with van der Waals surface area (Å²) in [6.45, 7) is 2.65. The lowest BCUT2D eigenvalue weighted by molar-refractivity contribution is -0.121. The Morgan fingerprint density at radius 1 is 0.893 bits per heavy atom. The maximum absolute atomic E-state index is 11.9. The zero-order chi connectivity index (χ0) is 20.7. The number of hydrogen-bond acceptors (Lipinski definition) is 4. The molecule has 0 fully saturated rings. The summed E-state index contributed by atoms with van der Waals surface area (Å²) in [6, 6.07) is 6.41. The topological polar surface area (TPSA) is 98.5 Å². The number of benzene rings is 1. The van der Waals surface area contributed by atoms with Crippen molar-refractivity contribution in [2.45, 2.75) is 90.5 Å². The molecule has 1 aromatic rings. The Hall–Kier alpha value is -1.60. The third-order valence-corrected chi connectivity index (χ3v) is 5.06. The first-order chi connectivity index (χ1) is 13.4. The normalized spacial score (nSPS) is 11.4. The van der Waals surface area contributed by atoms with Gasteiger partial charge in [-0.05, 0) is 24.1 Å². The van der Waals surface area contributed by atoms with Gasteiger partial charge in [0, 0.05) is 13.0 Å². The van der Waals surface area contributed by atoms with Crippen molar-refractivity contribution in [3.63, 3.8) is 0 Å². The largest absolute Gasteiger partial charge is 0.380 e. The first-order valence-electron chi connectivity index (χ1n) is 10.5. The maximum atomic E-state index is 11.9. The molecule has 0 aromatic heterocycles. The summed E-state index contributed by atoms with van der Waals surface area (Å²) in [4.78, 5) is 11.9. The molecule has 1 aromatic carbocycles. The molecule has 1 rings (SSSR count). The average Bonchev–Trinajstić information content (AvgIpc) is 2.64. The third kappa shape index (κ3) is 13.6. The summed E-state index contributed by atoms with van der Waals surface area (Å²) in [5, 5.41) is 7.69. The molecule has 0 spiro atoms. The van der Waals surface area contributed by atoms with Crippen LogP contribution in [0.5, 0.6) is 5.75 Å². The predicted octanol–water partition coefficient (Wildman–Crippen LogP) is 4.59. The van der Waals surface area contributed by atoms with E-state index in [4.69, 9.17) is 5.14 Å². The molecular weight excluding hydrogens is 376 g/mol. The number of unbranched alkanes of at least 4 members (excludes halogenated alkanes) is 10. The van der Waals surface area contributed by atoms with Crippen LogP contribution in [-0.4, -0.2) is 14.3 Å². The summed E-state index contributed by atoms with van der Waals surface area (Å²) >= 11 is 0. The van der Waals surface area contributed by atoms with E-state index in [0.717, 1.165) is 18.4 Å². The Morgan fingerprint density at radius 3 is 1.89 bits per heavy atom. The molecule has 0 heterocycles. The molecule has 0 radical (unpaired) electrons. The fourth-order valence-electron chi connectivity index (χ4n) is 3.04. The van der Waals surface area contributed by atoms with Crippen LogP contribution >= 0.6 is 0 Å². The molecule has 0 saturated carbocycles. The van der Waals surface area contributed by atoms with E-state index in [0.29, 0.717) is 13.0 Å². The van der Waals surface area contributed by atoms with E-state index in [1.54, 1.807) is 12.1 Å². The van der Waals surface area contributed by atoms with Crippen molar-refractivity contribution in [3.8, 4) is 5.75 Å². The van der Waals surface area contributed by atoms with E-state index in [9.17, 15) is 13.2 Å². The molecule has 0 bridgehead atoms. The average molecular weight is 413 g/mol. The van der Waals surface area contributed by atoms with Crippen molar-refractivity contribution >= 4 is 16.2 Å². The summed E-state index contributed by atoms with van der Waals surface area (Å²) in [7, 11) is -4.01. The second-order valence-electron chi connectivity index (χ2n) is 7.28. The Morgan fingerprint density at radius 2 is 1.39 bits per heavy atom. The van der Waals surface area contributed by atoms with Crippen LogP contribution in [0.4, 0.5) is 0 Å². The van der Waals surface area contributed by atoms with Gasteiger partial charge in [0.15, 0.2) is 0 Å². The van der Waals surface area contributed by atoms with E-state index in [-0.39, 0.29) is 11.7 Å². The predicted molar refractivity (Wildman–Crippen MR) is 113 cm³/mol. The van der Waals surface area contributed by atoms with Crippen LogP contribution in [0.2, 0.25) is 0 Å². The Balaban J connectivity index is 2.02. The number of nitrogens with two attached hydrogens (primary N) is 1. The van der Waals surface area contributed by atoms with Crippen LogP contribution in [0.1, 0.15) is 89.5 Å². The van der Waals surface area contributed by atoms with Crippen molar-refractivity contribution in [3.05, 3.63) is 29.8 Å². The minimum absolute atomic E-state index is 0.0424. The second kappa shape index (κ2) is 14.4. The molecule has 7 heteroatoms. The lowest BCUT2D eigenvalue weighted by Crippen LogP contribution is -2.22. The molecule has 0 unspecified atom stereocenters. The van der Waals surface area contributed by atoms with E-state index in [1.807, 2.05) is 0 Å². The van der Waals surface area contributed by atoms with Gasteiger partial charge in [-0.1, -0.05) is 83.3 Å². The smallest absolute Gasteiger partial charge is 0.371 e. The Bertz CT molecular complexity index is 645. The number of nitrogens with one attached hydrogen (secondary N) is 1. The SMILES string of the molecule is CCCCCCCCCCCCCC(=O)NCc1ccc(OS(N)(=O)=O)cc1. The molecule has 6 nitrogen and oxygen atoms in total. The molecule has 0 aliphatic carbocycles. The van der Waals surface area contributed by atoms with Gasteiger partial charge in [-0.15, -0.1) is 0 Å². The molecule has 1 amide bonds. The van der Waals surface area contributed by atoms with Crippen LogP contribution in [0, 0.1) is 0 Å². The molecule has 160 valence electrons. The van der Waals surface area contributed by atoms with Crippen molar-refractivity contribution < 1.29 is 17.4 Å². The fraction of sp³-hybridized carbons (Fsp3) is 0.667. The molecule has 0 aliphatic rings. The number of carbonyl (C=O) groups is 1. The van der Waals surface area contributed by atoms with Gasteiger partial charge >= 0.3 is 10.3 Å². The fourth-order valence-corrected chi connectivity index (χ4v) is 3.42. The monoisotopic (exact) mass is 412 g/mol. The highest BCUT2D eigenvalue weighted by atomic mass is 32.2. The van der Waals surface area contributed by atoms with Gasteiger partial charge in [0.2, 0.25) is 5.91 Å². The summed E-state index contributed by atoms with van der Waals surface area (Å²) in [5.74, 6) is 0.194. The molecule has 0 aliphatic heterocycles. The summed E-state index contributed by atoms with van der Waals surface area (Å²) < 4.78 is 26.3. The van der Waals surface area contributed by atoms with Crippen LogP contribution in [0.15, 0.2) is 24.3 Å². The Labute approximate surface area is 170 Å². The van der Waals surface area contributed by atoms with Crippen molar-refractivity contribution in [1.82, 2.24) is 5.32 Å². The molecule has 0 saturated heterocycles. The van der Waals surface area contributed by atoms with Crippen LogP contribution in [-0.2, 0) is 21.6 Å². The lowest BCUT2D eigenvalue weighted by atomic mass is 10.1. The van der Waals surface area contributed by atoms with Crippen LogP contribution < -0.4 is 14.6 Å². The van der Waals surface area contributed by atoms with Crippen LogP contribution in [0.3, 0.4) is 0 Å². The first-order valence-corrected chi connectivity index (χ1v) is 12.0. The van der Waals surface area contributed by atoms with E-state index in [2.05, 4.69) is 16.4 Å². The maximum Gasteiger partial charge on any atom is 0.380 e. The first kappa shape index (κ1) is 24.4. The van der Waals surface area contributed by atoms with Gasteiger partial charge in [0.05, 0.1) is 0 Å². The minimum atomic E-state index is -4.01. The second-order valence-corrected chi connectivity index (χ2v) is 8.43. The zero-order valence-electron chi connectivity index (χ0n) is 17.1. The summed E-state index contributed by atoms with van der Waals surface area (Å²) in [5.41, 5.74) is 0.869. The highest BCUT2D eigenvalue weighted by molar-refractivity contribution is 7.84. The Kier molecular flexibility index (Phi) is 12.6. The van der Waals surface area contributed by atoms with Crippen LogP contribution in [0.25, 0.3) is 0 Å². The summed E-state index contributed by atoms with van der Waals surface area (Å²) in [6.07, 6.45) is 14.4.